The molecule has 1 rings (SSSR count). The molecule has 0 aliphatic rings. The van der Waals surface area contributed by atoms with E-state index in [2.05, 4.69) is 17.3 Å². The molecule has 1 aromatic heterocycles. The van der Waals surface area contributed by atoms with Crippen LogP contribution in [0.15, 0.2) is 5.38 Å². The van der Waals surface area contributed by atoms with Crippen LogP contribution in [-0.2, 0) is 6.42 Å². The van der Waals surface area contributed by atoms with Crippen molar-refractivity contribution in [3.05, 3.63) is 16.1 Å². The Labute approximate surface area is 77.8 Å². The minimum atomic E-state index is 0.292. The van der Waals surface area contributed by atoms with Crippen LogP contribution in [0.5, 0.6) is 0 Å². The fraction of sp³-hybridized carbons (Fsp3) is 0.667. The summed E-state index contributed by atoms with van der Waals surface area (Å²) < 4.78 is 0. The zero-order valence-corrected chi connectivity index (χ0v) is 8.53. The Morgan fingerprint density at radius 3 is 2.92 bits per heavy atom. The topological polar surface area (TPSA) is 38.9 Å². The zero-order valence-electron chi connectivity index (χ0n) is 7.71. The number of nitrogens with two attached hydrogens (primary N) is 1. The summed E-state index contributed by atoms with van der Waals surface area (Å²) >= 11 is 1.71. The predicted molar refractivity (Wildman–Crippen MR) is 53.4 cm³/mol. The Kier molecular flexibility index (Phi) is 3.69. The normalized spacial score (nSPS) is 13.2. The minimum Gasteiger partial charge on any atom is -0.327 e. The van der Waals surface area contributed by atoms with E-state index in [1.54, 1.807) is 11.3 Å². The van der Waals surface area contributed by atoms with Crippen molar-refractivity contribution in [2.45, 2.75) is 39.2 Å². The highest BCUT2D eigenvalue weighted by molar-refractivity contribution is 7.09. The first-order valence-electron chi connectivity index (χ1n) is 4.39. The van der Waals surface area contributed by atoms with Crippen molar-refractivity contribution in [2.24, 2.45) is 5.73 Å². The molecule has 1 heterocycles. The maximum atomic E-state index is 5.89. The second kappa shape index (κ2) is 4.58. The summed E-state index contributed by atoms with van der Waals surface area (Å²) in [5.74, 6) is 0. The van der Waals surface area contributed by atoms with Crippen LogP contribution in [0.4, 0.5) is 0 Å². The molecule has 0 fully saturated rings. The number of hydrogen-bond acceptors (Lipinski definition) is 3. The SMILES string of the molecule is CCC[C@H](N)Cc1nc(C)cs1. The Hall–Kier alpha value is -0.410. The van der Waals surface area contributed by atoms with Gasteiger partial charge in [-0.05, 0) is 13.3 Å². The van der Waals surface area contributed by atoms with E-state index in [0.717, 1.165) is 25.0 Å². The van der Waals surface area contributed by atoms with E-state index >= 15 is 0 Å². The quantitative estimate of drug-likeness (QED) is 0.778. The number of hydrogen-bond donors (Lipinski definition) is 1. The predicted octanol–water partition coefficient (Wildman–Crippen LogP) is 2.12. The first kappa shape index (κ1) is 9.68. The van der Waals surface area contributed by atoms with Gasteiger partial charge in [-0.2, -0.15) is 0 Å². The zero-order chi connectivity index (χ0) is 8.97. The van der Waals surface area contributed by atoms with Gasteiger partial charge in [-0.1, -0.05) is 13.3 Å². The summed E-state index contributed by atoms with van der Waals surface area (Å²) in [4.78, 5) is 4.37. The summed E-state index contributed by atoms with van der Waals surface area (Å²) in [6.07, 6.45) is 3.19. The Morgan fingerprint density at radius 2 is 2.42 bits per heavy atom. The smallest absolute Gasteiger partial charge is 0.0943 e. The summed E-state index contributed by atoms with van der Waals surface area (Å²) in [7, 11) is 0. The molecule has 3 heteroatoms. The summed E-state index contributed by atoms with van der Waals surface area (Å²) in [5.41, 5.74) is 7.00. The molecule has 0 spiro atoms. The summed E-state index contributed by atoms with van der Waals surface area (Å²) in [6.45, 7) is 4.18. The lowest BCUT2D eigenvalue weighted by Crippen LogP contribution is -2.22. The number of nitrogens with zero attached hydrogens (tertiary/aromatic N) is 1. The largest absolute Gasteiger partial charge is 0.327 e. The third-order valence-corrected chi connectivity index (χ3v) is 2.75. The molecular weight excluding hydrogens is 168 g/mol. The van der Waals surface area contributed by atoms with E-state index in [1.165, 1.54) is 5.01 Å². The first-order chi connectivity index (χ1) is 5.72. The minimum absolute atomic E-state index is 0.292. The molecule has 0 saturated carbocycles. The van der Waals surface area contributed by atoms with Crippen LogP contribution in [0.3, 0.4) is 0 Å². The van der Waals surface area contributed by atoms with Gasteiger partial charge in [0.05, 0.1) is 5.01 Å². The third kappa shape index (κ3) is 2.91. The maximum absolute atomic E-state index is 5.89. The number of thiazole rings is 1. The van der Waals surface area contributed by atoms with Crippen LogP contribution in [-0.4, -0.2) is 11.0 Å². The van der Waals surface area contributed by atoms with Gasteiger partial charge >= 0.3 is 0 Å². The molecule has 0 amide bonds. The van der Waals surface area contributed by atoms with E-state index < -0.39 is 0 Å². The monoisotopic (exact) mass is 184 g/mol. The molecule has 1 aromatic rings. The lowest BCUT2D eigenvalue weighted by molar-refractivity contribution is 0.598. The van der Waals surface area contributed by atoms with Crippen LogP contribution in [0.1, 0.15) is 30.5 Å². The average molecular weight is 184 g/mol. The molecule has 0 unspecified atom stereocenters. The van der Waals surface area contributed by atoms with Crippen LogP contribution in [0.25, 0.3) is 0 Å². The van der Waals surface area contributed by atoms with Crippen molar-refractivity contribution < 1.29 is 0 Å². The lowest BCUT2D eigenvalue weighted by Gasteiger charge is -2.06. The van der Waals surface area contributed by atoms with Gasteiger partial charge in [0.25, 0.3) is 0 Å². The number of aryl methyl sites for hydroxylation is 1. The highest BCUT2D eigenvalue weighted by atomic mass is 32.1. The van der Waals surface area contributed by atoms with Crippen molar-refractivity contribution in [1.82, 2.24) is 4.98 Å². The van der Waals surface area contributed by atoms with Gasteiger partial charge in [0.2, 0.25) is 0 Å². The Bertz CT molecular complexity index is 232. The molecule has 0 aliphatic heterocycles. The van der Waals surface area contributed by atoms with E-state index in [1.807, 2.05) is 6.92 Å². The second-order valence-electron chi connectivity index (χ2n) is 3.14. The molecule has 68 valence electrons. The van der Waals surface area contributed by atoms with Crippen molar-refractivity contribution in [3.63, 3.8) is 0 Å². The molecule has 0 saturated heterocycles. The molecular formula is C9H16N2S. The Balaban J connectivity index is 2.41. The van der Waals surface area contributed by atoms with Crippen LogP contribution in [0.2, 0.25) is 0 Å². The van der Waals surface area contributed by atoms with Gasteiger partial charge in [0.15, 0.2) is 0 Å². The fourth-order valence-electron chi connectivity index (χ4n) is 1.19. The van der Waals surface area contributed by atoms with Crippen LogP contribution < -0.4 is 5.73 Å². The van der Waals surface area contributed by atoms with Crippen molar-refractivity contribution in [3.8, 4) is 0 Å². The molecule has 0 radical (unpaired) electrons. The van der Waals surface area contributed by atoms with Gasteiger partial charge in [-0.3, -0.25) is 0 Å². The van der Waals surface area contributed by atoms with Crippen LogP contribution in [0, 0.1) is 6.92 Å². The Morgan fingerprint density at radius 1 is 1.67 bits per heavy atom. The van der Waals surface area contributed by atoms with Gasteiger partial charge in [0.1, 0.15) is 0 Å². The summed E-state index contributed by atoms with van der Waals surface area (Å²) in [5, 5.41) is 3.25. The average Bonchev–Trinajstić information content (AvgIpc) is 2.36. The van der Waals surface area contributed by atoms with E-state index in [0.29, 0.717) is 6.04 Å². The molecule has 1 atom stereocenters. The molecule has 12 heavy (non-hydrogen) atoms. The first-order valence-corrected chi connectivity index (χ1v) is 5.27. The lowest BCUT2D eigenvalue weighted by atomic mass is 10.1. The van der Waals surface area contributed by atoms with E-state index in [-0.39, 0.29) is 0 Å². The molecule has 0 aliphatic carbocycles. The van der Waals surface area contributed by atoms with Gasteiger partial charge < -0.3 is 5.73 Å². The van der Waals surface area contributed by atoms with E-state index in [9.17, 15) is 0 Å². The molecule has 2 nitrogen and oxygen atoms in total. The van der Waals surface area contributed by atoms with Crippen molar-refractivity contribution in [2.75, 3.05) is 0 Å². The molecule has 0 bridgehead atoms. The third-order valence-electron chi connectivity index (χ3n) is 1.76. The molecule has 0 aromatic carbocycles. The highest BCUT2D eigenvalue weighted by Gasteiger charge is 2.05. The highest BCUT2D eigenvalue weighted by Crippen LogP contribution is 2.11. The fourth-order valence-corrected chi connectivity index (χ4v) is 2.06. The standard InChI is InChI=1S/C9H16N2S/c1-3-4-8(10)5-9-11-7(2)6-12-9/h6,8H,3-5,10H2,1-2H3/t8-/m0/s1. The maximum Gasteiger partial charge on any atom is 0.0943 e. The van der Waals surface area contributed by atoms with Gasteiger partial charge in [-0.25, -0.2) is 4.98 Å². The van der Waals surface area contributed by atoms with Crippen molar-refractivity contribution >= 4 is 11.3 Å². The second-order valence-corrected chi connectivity index (χ2v) is 4.08. The number of aromatic nitrogens is 1. The summed E-state index contributed by atoms with van der Waals surface area (Å²) in [6, 6.07) is 0.292. The van der Waals surface area contributed by atoms with E-state index in [4.69, 9.17) is 5.73 Å². The van der Waals surface area contributed by atoms with Crippen molar-refractivity contribution in [1.29, 1.82) is 0 Å². The van der Waals surface area contributed by atoms with Crippen LogP contribution >= 0.6 is 11.3 Å². The van der Waals surface area contributed by atoms with Gasteiger partial charge in [-0.15, -0.1) is 11.3 Å². The van der Waals surface area contributed by atoms with Gasteiger partial charge in [0, 0.05) is 23.5 Å². The molecule has 2 N–H and O–H groups in total. The number of rotatable bonds is 4.